The Morgan fingerprint density at radius 2 is 2.04 bits per heavy atom. The highest BCUT2D eigenvalue weighted by Crippen LogP contribution is 2.38. The minimum atomic E-state index is -0.854. The van der Waals surface area contributed by atoms with Gasteiger partial charge in [0.05, 0.1) is 0 Å². The first-order valence-electron chi connectivity index (χ1n) is 7.68. The molecule has 0 aliphatic heterocycles. The fraction of sp³-hybridized carbons (Fsp3) is 0.278. The molecule has 24 heavy (non-hydrogen) atoms. The lowest BCUT2D eigenvalue weighted by molar-refractivity contribution is -0.117. The topological polar surface area (TPSA) is 79.2 Å². The smallest absolute Gasteiger partial charge is 0.343 e. The summed E-state index contributed by atoms with van der Waals surface area (Å²) in [5.41, 5.74) is 1.86. The summed E-state index contributed by atoms with van der Waals surface area (Å²) in [5.74, 6) is -0.636. The number of carbonyl (C=O) groups excluding carboxylic acids is 2. The molecule has 122 valence electrons. The van der Waals surface area contributed by atoms with Gasteiger partial charge < -0.3 is 10.1 Å². The van der Waals surface area contributed by atoms with Crippen molar-refractivity contribution in [1.29, 1.82) is 5.26 Å². The van der Waals surface area contributed by atoms with Gasteiger partial charge in [0.25, 0.3) is 0 Å². The predicted molar refractivity (Wildman–Crippen MR) is 91.6 cm³/mol. The van der Waals surface area contributed by atoms with Crippen molar-refractivity contribution in [1.82, 2.24) is 0 Å². The highest BCUT2D eigenvalue weighted by atomic mass is 32.1. The molecule has 1 heterocycles. The van der Waals surface area contributed by atoms with Gasteiger partial charge in [0.1, 0.15) is 16.6 Å². The normalized spacial score (nSPS) is 14.5. The number of esters is 1. The van der Waals surface area contributed by atoms with Crippen LogP contribution in [0.25, 0.3) is 11.1 Å². The van der Waals surface area contributed by atoms with E-state index in [1.165, 1.54) is 18.3 Å². The first kappa shape index (κ1) is 16.2. The van der Waals surface area contributed by atoms with E-state index in [1.54, 1.807) is 0 Å². The van der Waals surface area contributed by atoms with Gasteiger partial charge in [0, 0.05) is 16.9 Å². The van der Waals surface area contributed by atoms with Crippen LogP contribution in [-0.2, 0) is 9.53 Å². The molecule has 1 atom stereocenters. The Labute approximate surface area is 143 Å². The number of nitrogens with zero attached hydrogens (tertiary/aromatic N) is 1. The van der Waals surface area contributed by atoms with Crippen LogP contribution >= 0.6 is 11.3 Å². The fourth-order valence-electron chi connectivity index (χ4n) is 2.29. The zero-order chi connectivity index (χ0) is 17.1. The van der Waals surface area contributed by atoms with Crippen LogP contribution in [0.4, 0.5) is 5.00 Å². The molecule has 1 aliphatic carbocycles. The molecule has 1 aliphatic rings. The van der Waals surface area contributed by atoms with Gasteiger partial charge in [-0.05, 0) is 25.3 Å². The number of hydrogen-bond donors (Lipinski definition) is 1. The highest BCUT2D eigenvalue weighted by molar-refractivity contribution is 7.15. The third kappa shape index (κ3) is 3.47. The molecule has 1 aromatic carbocycles. The molecule has 6 heteroatoms. The quantitative estimate of drug-likeness (QED) is 0.839. The summed E-state index contributed by atoms with van der Waals surface area (Å²) in [4.78, 5) is 24.6. The maximum Gasteiger partial charge on any atom is 0.343 e. The molecule has 1 N–H and O–H groups in total. The van der Waals surface area contributed by atoms with E-state index in [0.717, 1.165) is 18.4 Å². The zero-order valence-electron chi connectivity index (χ0n) is 13.1. The standard InChI is InChI=1S/C18H16N2O3S/c1-11(9-19)23-18(22)15-14(12-5-3-2-4-6-12)10-24-17(15)20-16(21)13-7-8-13/h2-6,10-11,13H,7-8H2,1H3,(H,20,21). The average Bonchev–Trinajstić information content (AvgIpc) is 3.36. The van der Waals surface area contributed by atoms with Crippen molar-refractivity contribution in [3.63, 3.8) is 0 Å². The van der Waals surface area contributed by atoms with E-state index >= 15 is 0 Å². The van der Waals surface area contributed by atoms with Gasteiger partial charge >= 0.3 is 5.97 Å². The number of carbonyl (C=O) groups is 2. The van der Waals surface area contributed by atoms with Crippen LogP contribution in [0.5, 0.6) is 0 Å². The largest absolute Gasteiger partial charge is 0.444 e. The lowest BCUT2D eigenvalue weighted by Gasteiger charge is -2.10. The van der Waals surface area contributed by atoms with Crippen LogP contribution in [0.2, 0.25) is 0 Å². The summed E-state index contributed by atoms with van der Waals surface area (Å²) < 4.78 is 5.16. The summed E-state index contributed by atoms with van der Waals surface area (Å²) in [7, 11) is 0. The summed E-state index contributed by atoms with van der Waals surface area (Å²) in [6, 6.07) is 11.3. The molecule has 0 bridgehead atoms. The first-order chi connectivity index (χ1) is 11.6. The molecule has 0 radical (unpaired) electrons. The van der Waals surface area contributed by atoms with Crippen molar-refractivity contribution in [2.24, 2.45) is 5.92 Å². The van der Waals surface area contributed by atoms with E-state index in [9.17, 15) is 9.59 Å². The van der Waals surface area contributed by atoms with E-state index < -0.39 is 12.1 Å². The van der Waals surface area contributed by atoms with Crippen molar-refractivity contribution >= 4 is 28.2 Å². The number of anilines is 1. The van der Waals surface area contributed by atoms with Crippen molar-refractivity contribution in [3.05, 3.63) is 41.3 Å². The Kier molecular flexibility index (Phi) is 4.63. The van der Waals surface area contributed by atoms with Crippen molar-refractivity contribution < 1.29 is 14.3 Å². The molecule has 5 nitrogen and oxygen atoms in total. The van der Waals surface area contributed by atoms with Crippen LogP contribution in [0, 0.1) is 17.2 Å². The third-order valence-corrected chi connectivity index (χ3v) is 4.63. The van der Waals surface area contributed by atoms with Gasteiger partial charge in [0.2, 0.25) is 5.91 Å². The second-order valence-corrected chi connectivity index (χ2v) is 6.54. The molecule has 1 aromatic heterocycles. The second kappa shape index (κ2) is 6.85. The molecule has 2 aromatic rings. The molecule has 3 rings (SSSR count). The minimum Gasteiger partial charge on any atom is -0.444 e. The summed E-state index contributed by atoms with van der Waals surface area (Å²) in [6.07, 6.45) is 0.912. The number of hydrogen-bond acceptors (Lipinski definition) is 5. The maximum absolute atomic E-state index is 12.5. The van der Waals surface area contributed by atoms with Gasteiger partial charge in [-0.15, -0.1) is 11.3 Å². The van der Waals surface area contributed by atoms with Crippen LogP contribution < -0.4 is 5.32 Å². The van der Waals surface area contributed by atoms with Crippen LogP contribution in [0.3, 0.4) is 0 Å². The molecule has 1 amide bonds. The number of benzene rings is 1. The molecular formula is C18H16N2O3S. The van der Waals surface area contributed by atoms with Gasteiger partial charge in [-0.25, -0.2) is 4.79 Å². The number of nitrogens with one attached hydrogen (secondary N) is 1. The monoisotopic (exact) mass is 340 g/mol. The van der Waals surface area contributed by atoms with Crippen molar-refractivity contribution in [3.8, 4) is 17.2 Å². The molecule has 1 saturated carbocycles. The number of thiophene rings is 1. The van der Waals surface area contributed by atoms with Gasteiger partial charge in [-0.2, -0.15) is 5.26 Å². The van der Waals surface area contributed by atoms with Crippen LogP contribution in [-0.4, -0.2) is 18.0 Å². The summed E-state index contributed by atoms with van der Waals surface area (Å²) in [5, 5.41) is 14.0. The third-order valence-electron chi connectivity index (χ3n) is 3.73. The van der Waals surface area contributed by atoms with Gasteiger partial charge in [-0.1, -0.05) is 30.3 Å². The van der Waals surface area contributed by atoms with Crippen molar-refractivity contribution in [2.75, 3.05) is 5.32 Å². The van der Waals surface area contributed by atoms with E-state index in [2.05, 4.69) is 5.32 Å². The molecule has 1 unspecified atom stereocenters. The second-order valence-electron chi connectivity index (χ2n) is 5.66. The minimum absolute atomic E-state index is 0.0363. The lowest BCUT2D eigenvalue weighted by atomic mass is 10.0. The molecule has 0 saturated heterocycles. The first-order valence-corrected chi connectivity index (χ1v) is 8.56. The Balaban J connectivity index is 1.96. The number of ether oxygens (including phenoxy) is 1. The van der Waals surface area contributed by atoms with Gasteiger partial charge in [-0.3, -0.25) is 4.79 Å². The van der Waals surface area contributed by atoms with Gasteiger partial charge in [0.15, 0.2) is 6.10 Å². The summed E-state index contributed by atoms with van der Waals surface area (Å²) >= 11 is 1.29. The van der Waals surface area contributed by atoms with Crippen LogP contribution in [0.1, 0.15) is 30.1 Å². The maximum atomic E-state index is 12.5. The Bertz CT molecular complexity index is 803. The Hall–Kier alpha value is -2.65. The van der Waals surface area contributed by atoms with Crippen molar-refractivity contribution in [2.45, 2.75) is 25.9 Å². The van der Waals surface area contributed by atoms with E-state index in [-0.39, 0.29) is 11.8 Å². The predicted octanol–water partition coefficient (Wildman–Crippen LogP) is 3.83. The summed E-state index contributed by atoms with van der Waals surface area (Å²) in [6.45, 7) is 1.51. The molecular weight excluding hydrogens is 324 g/mol. The number of rotatable bonds is 5. The molecule has 1 fully saturated rings. The fourth-order valence-corrected chi connectivity index (χ4v) is 3.25. The SMILES string of the molecule is CC(C#N)OC(=O)c1c(-c2ccccc2)csc1NC(=O)C1CC1. The zero-order valence-corrected chi connectivity index (χ0v) is 13.9. The van der Waals surface area contributed by atoms with E-state index in [1.807, 2.05) is 41.8 Å². The molecule has 0 spiro atoms. The van der Waals surface area contributed by atoms with E-state index in [4.69, 9.17) is 10.00 Å². The van der Waals surface area contributed by atoms with Crippen LogP contribution in [0.15, 0.2) is 35.7 Å². The number of amides is 1. The lowest BCUT2D eigenvalue weighted by Crippen LogP contribution is -2.18. The number of nitriles is 1. The Morgan fingerprint density at radius 1 is 1.33 bits per heavy atom. The average molecular weight is 340 g/mol. The Morgan fingerprint density at radius 3 is 2.67 bits per heavy atom. The highest BCUT2D eigenvalue weighted by Gasteiger charge is 2.32. The van der Waals surface area contributed by atoms with E-state index in [0.29, 0.717) is 16.1 Å².